The van der Waals surface area contributed by atoms with E-state index in [1.54, 1.807) is 12.3 Å². The quantitative estimate of drug-likeness (QED) is 0.871. The van der Waals surface area contributed by atoms with Gasteiger partial charge >= 0.3 is 7.12 Å². The van der Waals surface area contributed by atoms with Crippen LogP contribution >= 0.6 is 0 Å². The van der Waals surface area contributed by atoms with E-state index in [2.05, 4.69) is 10.3 Å². The van der Waals surface area contributed by atoms with Crippen molar-refractivity contribution in [2.75, 3.05) is 5.32 Å². The molecule has 1 fully saturated rings. The number of hydrogen-bond donors (Lipinski definition) is 1. The van der Waals surface area contributed by atoms with Crippen LogP contribution in [0.2, 0.25) is 0 Å². The second-order valence-corrected chi connectivity index (χ2v) is 8.34. The summed E-state index contributed by atoms with van der Waals surface area (Å²) >= 11 is 0. The molecular weight excluding hydrogens is 291 g/mol. The lowest BCUT2D eigenvalue weighted by atomic mass is 9.84. The molecule has 126 valence electrons. The molecule has 1 amide bonds. The van der Waals surface area contributed by atoms with Crippen molar-refractivity contribution in [2.45, 2.75) is 66.1 Å². The second kappa shape index (κ2) is 5.91. The number of nitrogens with zero attached hydrogens (tertiary/aromatic N) is 1. The molecule has 0 aliphatic carbocycles. The Morgan fingerprint density at radius 3 is 2.30 bits per heavy atom. The Kier molecular flexibility index (Phi) is 4.61. The standard InChI is InChI=1S/C17H27BN2O3/c1-15(2,3)11-14(21)20-12-8-9-19-13(10-12)18-22-16(4,5)17(6,7)23-18/h8-10H,11H2,1-7H3,(H,19,20,21). The third kappa shape index (κ3) is 4.33. The fraction of sp³-hybridized carbons (Fsp3) is 0.647. The maximum Gasteiger partial charge on any atom is 0.514 e. The third-order valence-electron chi connectivity index (χ3n) is 4.25. The molecule has 0 unspecified atom stereocenters. The van der Waals surface area contributed by atoms with Gasteiger partial charge in [0.25, 0.3) is 0 Å². The zero-order valence-corrected chi connectivity index (χ0v) is 15.2. The van der Waals surface area contributed by atoms with Crippen molar-refractivity contribution in [3.05, 3.63) is 18.3 Å². The molecular formula is C17H27BN2O3. The summed E-state index contributed by atoms with van der Waals surface area (Å²) in [5.41, 5.74) is 0.498. The number of nitrogens with one attached hydrogen (secondary N) is 1. The minimum atomic E-state index is -0.528. The molecule has 2 heterocycles. The van der Waals surface area contributed by atoms with Crippen molar-refractivity contribution in [1.29, 1.82) is 0 Å². The first-order valence-electron chi connectivity index (χ1n) is 8.01. The molecule has 2 rings (SSSR count). The first-order valence-corrected chi connectivity index (χ1v) is 8.01. The Balaban J connectivity index is 2.11. The average molecular weight is 318 g/mol. The largest absolute Gasteiger partial charge is 0.514 e. The molecule has 0 spiro atoms. The summed E-state index contributed by atoms with van der Waals surface area (Å²) in [4.78, 5) is 16.4. The van der Waals surface area contributed by atoms with E-state index in [0.717, 1.165) is 0 Å². The Morgan fingerprint density at radius 2 is 1.78 bits per heavy atom. The number of hydrogen-bond acceptors (Lipinski definition) is 4. The van der Waals surface area contributed by atoms with Gasteiger partial charge in [-0.15, -0.1) is 0 Å². The second-order valence-electron chi connectivity index (χ2n) is 8.34. The molecule has 1 aromatic rings. The first-order chi connectivity index (χ1) is 10.4. The third-order valence-corrected chi connectivity index (χ3v) is 4.25. The van der Waals surface area contributed by atoms with E-state index in [0.29, 0.717) is 17.7 Å². The molecule has 5 nitrogen and oxygen atoms in total. The summed E-state index contributed by atoms with van der Waals surface area (Å²) in [5.74, 6) is -0.0106. The van der Waals surface area contributed by atoms with Gasteiger partial charge in [0.15, 0.2) is 0 Å². The van der Waals surface area contributed by atoms with Gasteiger partial charge in [0.05, 0.1) is 16.8 Å². The summed E-state index contributed by atoms with van der Waals surface area (Å²) < 4.78 is 12.0. The monoisotopic (exact) mass is 318 g/mol. The van der Waals surface area contributed by atoms with Crippen molar-refractivity contribution in [1.82, 2.24) is 4.98 Å². The highest BCUT2D eigenvalue weighted by Crippen LogP contribution is 2.36. The summed E-state index contributed by atoms with van der Waals surface area (Å²) in [6.45, 7) is 14.1. The van der Waals surface area contributed by atoms with Crippen molar-refractivity contribution in [3.63, 3.8) is 0 Å². The number of carbonyl (C=O) groups is 1. The molecule has 1 aliphatic rings. The van der Waals surface area contributed by atoms with E-state index >= 15 is 0 Å². The fourth-order valence-electron chi connectivity index (χ4n) is 2.31. The molecule has 1 saturated heterocycles. The van der Waals surface area contributed by atoms with E-state index in [4.69, 9.17) is 9.31 Å². The van der Waals surface area contributed by atoms with Crippen LogP contribution in [0, 0.1) is 5.41 Å². The van der Waals surface area contributed by atoms with Gasteiger partial charge in [0.1, 0.15) is 0 Å². The minimum absolute atomic E-state index is 0.0106. The predicted octanol–water partition coefficient (Wildman–Crippen LogP) is 2.76. The van der Waals surface area contributed by atoms with Crippen LogP contribution < -0.4 is 10.9 Å². The SMILES string of the molecule is CC(C)(C)CC(=O)Nc1ccnc(B2OC(C)(C)C(C)(C)O2)c1. The van der Waals surface area contributed by atoms with Crippen molar-refractivity contribution >= 4 is 24.3 Å². The topological polar surface area (TPSA) is 60.5 Å². The molecule has 0 atom stereocenters. The van der Waals surface area contributed by atoms with Gasteiger partial charge < -0.3 is 14.6 Å². The van der Waals surface area contributed by atoms with Crippen LogP contribution in [0.15, 0.2) is 18.3 Å². The Labute approximate surface area is 139 Å². The lowest BCUT2D eigenvalue weighted by molar-refractivity contribution is -0.117. The Hall–Kier alpha value is -1.40. The van der Waals surface area contributed by atoms with Crippen LogP contribution in [0.3, 0.4) is 0 Å². The number of aromatic nitrogens is 1. The van der Waals surface area contributed by atoms with Crippen LogP contribution in [0.5, 0.6) is 0 Å². The van der Waals surface area contributed by atoms with Crippen LogP contribution in [-0.2, 0) is 14.1 Å². The van der Waals surface area contributed by atoms with Crippen LogP contribution in [0.4, 0.5) is 5.69 Å². The number of anilines is 1. The van der Waals surface area contributed by atoms with E-state index < -0.39 is 18.3 Å². The Morgan fingerprint density at radius 1 is 1.22 bits per heavy atom. The van der Waals surface area contributed by atoms with Gasteiger partial charge in [-0.05, 0) is 45.2 Å². The van der Waals surface area contributed by atoms with Crippen molar-refractivity contribution in [2.24, 2.45) is 5.41 Å². The van der Waals surface area contributed by atoms with Gasteiger partial charge in [-0.25, -0.2) is 0 Å². The summed E-state index contributed by atoms with van der Waals surface area (Å²) in [5, 5.41) is 2.91. The summed E-state index contributed by atoms with van der Waals surface area (Å²) in [6.07, 6.45) is 2.12. The first kappa shape index (κ1) is 18.0. The number of carbonyl (C=O) groups excluding carboxylic acids is 1. The molecule has 0 saturated carbocycles. The maximum atomic E-state index is 12.1. The van der Waals surface area contributed by atoms with E-state index in [1.165, 1.54) is 0 Å². The number of rotatable bonds is 3. The normalized spacial score (nSPS) is 19.7. The van der Waals surface area contributed by atoms with E-state index in [1.807, 2.05) is 54.5 Å². The molecule has 0 aromatic carbocycles. The van der Waals surface area contributed by atoms with Gasteiger partial charge in [0.2, 0.25) is 5.91 Å². The van der Waals surface area contributed by atoms with Crippen LogP contribution in [-0.4, -0.2) is 29.2 Å². The predicted molar refractivity (Wildman–Crippen MR) is 92.7 cm³/mol. The highest BCUT2D eigenvalue weighted by Gasteiger charge is 2.52. The molecule has 6 heteroatoms. The van der Waals surface area contributed by atoms with E-state index in [-0.39, 0.29) is 11.3 Å². The van der Waals surface area contributed by atoms with E-state index in [9.17, 15) is 4.79 Å². The molecule has 1 aliphatic heterocycles. The minimum Gasteiger partial charge on any atom is -0.398 e. The van der Waals surface area contributed by atoms with Gasteiger partial charge in [0, 0.05) is 18.3 Å². The van der Waals surface area contributed by atoms with Gasteiger partial charge in [-0.3, -0.25) is 9.78 Å². The number of amides is 1. The van der Waals surface area contributed by atoms with Gasteiger partial charge in [-0.2, -0.15) is 0 Å². The fourth-order valence-corrected chi connectivity index (χ4v) is 2.31. The van der Waals surface area contributed by atoms with Crippen LogP contribution in [0.1, 0.15) is 54.9 Å². The van der Waals surface area contributed by atoms with Gasteiger partial charge in [-0.1, -0.05) is 20.8 Å². The zero-order chi connectivity index (χ0) is 17.5. The van der Waals surface area contributed by atoms with Crippen molar-refractivity contribution in [3.8, 4) is 0 Å². The lowest BCUT2D eigenvalue weighted by Gasteiger charge is -2.32. The highest BCUT2D eigenvalue weighted by molar-refractivity contribution is 6.61. The molecule has 23 heavy (non-hydrogen) atoms. The zero-order valence-electron chi connectivity index (χ0n) is 15.2. The number of pyridine rings is 1. The summed E-state index contributed by atoms with van der Waals surface area (Å²) in [6, 6.07) is 3.58. The lowest BCUT2D eigenvalue weighted by Crippen LogP contribution is -2.41. The molecule has 0 bridgehead atoms. The smallest absolute Gasteiger partial charge is 0.398 e. The van der Waals surface area contributed by atoms with Crippen molar-refractivity contribution < 1.29 is 14.1 Å². The average Bonchev–Trinajstić information content (AvgIpc) is 2.56. The Bertz CT molecular complexity index is 578. The maximum absolute atomic E-state index is 12.1. The summed E-state index contributed by atoms with van der Waals surface area (Å²) in [7, 11) is -0.528. The van der Waals surface area contributed by atoms with Crippen LogP contribution in [0.25, 0.3) is 0 Å². The highest BCUT2D eigenvalue weighted by atomic mass is 16.7. The molecule has 1 N–H and O–H groups in total. The molecule has 0 radical (unpaired) electrons. The molecule has 1 aromatic heterocycles.